The number of carbonyl (C=O) groups excluding carboxylic acids is 2. The average Bonchev–Trinajstić information content (AvgIpc) is 2.98. The van der Waals surface area contributed by atoms with E-state index >= 15 is 0 Å². The number of aliphatic imine (C=N–C) groups is 1. The van der Waals surface area contributed by atoms with Gasteiger partial charge in [-0.05, 0) is 133 Å². The molecule has 2 saturated heterocycles. The summed E-state index contributed by atoms with van der Waals surface area (Å²) in [5.74, 6) is 1.53. The molecule has 2 heterocycles. The largest absolute Gasteiger partial charge is 0.489 e. The van der Waals surface area contributed by atoms with Gasteiger partial charge in [-0.2, -0.15) is 4.99 Å². The summed E-state index contributed by atoms with van der Waals surface area (Å²) < 4.78 is 35.2. The molecular formula is C35H53IN4O6S. The lowest BCUT2D eigenvalue weighted by Crippen LogP contribution is -2.46. The lowest BCUT2D eigenvalue weighted by molar-refractivity contribution is 0.00713. The van der Waals surface area contributed by atoms with E-state index in [-0.39, 0.29) is 31.8 Å². The fraction of sp³-hybridized carbons (Fsp3) is 0.571. The summed E-state index contributed by atoms with van der Waals surface area (Å²) in [4.78, 5) is 30.9. The van der Waals surface area contributed by atoms with Gasteiger partial charge in [-0.15, -0.1) is 0 Å². The SMILES string of the molecule is C.CC(C)(C)OC(=O)N1CCCC(Oc2ccc(N)cc2)C1.CC(C)(C)OC(=O)N1CCCC(Oc2ccc(N=C=S)cc2)C1.[2H]C([3H])I. The van der Waals surface area contributed by atoms with Gasteiger partial charge in [0.05, 0.1) is 23.9 Å². The van der Waals surface area contributed by atoms with Crippen molar-refractivity contribution in [2.45, 2.75) is 98.1 Å². The zero-order chi connectivity index (χ0) is 35.9. The number of hydrogen-bond donors (Lipinski definition) is 1. The zero-order valence-corrected chi connectivity index (χ0v) is 30.6. The second kappa shape index (κ2) is 20.3. The first kappa shape index (κ1) is 38.4. The number of nitrogens with zero attached hydrogens (tertiary/aromatic N) is 3. The number of carbonyl (C=O) groups is 2. The Hall–Kier alpha value is -3.09. The van der Waals surface area contributed by atoms with Crippen LogP contribution in [0.4, 0.5) is 21.0 Å². The van der Waals surface area contributed by atoms with Crippen LogP contribution in [0.15, 0.2) is 53.5 Å². The summed E-state index contributed by atoms with van der Waals surface area (Å²) >= 11 is 6.25. The van der Waals surface area contributed by atoms with Crippen LogP contribution in [0.3, 0.4) is 0 Å². The minimum Gasteiger partial charge on any atom is -0.489 e. The number of piperidine rings is 2. The Morgan fingerprint density at radius 3 is 1.64 bits per heavy atom. The minimum absolute atomic E-state index is 0. The zero-order valence-electron chi connectivity index (χ0n) is 29.7. The van der Waals surface area contributed by atoms with Crippen LogP contribution in [0.25, 0.3) is 0 Å². The second-order valence-electron chi connectivity index (χ2n) is 12.9. The Bertz CT molecular complexity index is 1330. The summed E-state index contributed by atoms with van der Waals surface area (Å²) in [6, 6.07) is 14.7. The molecule has 0 bridgehead atoms. The van der Waals surface area contributed by atoms with Crippen LogP contribution < -0.4 is 15.2 Å². The predicted molar refractivity (Wildman–Crippen MR) is 202 cm³/mol. The highest BCUT2D eigenvalue weighted by molar-refractivity contribution is 14.1. The van der Waals surface area contributed by atoms with Gasteiger partial charge >= 0.3 is 12.2 Å². The van der Waals surface area contributed by atoms with Gasteiger partial charge in [0.2, 0.25) is 0 Å². The number of isothiocyanates is 1. The van der Waals surface area contributed by atoms with Gasteiger partial charge in [0.25, 0.3) is 0 Å². The second-order valence-corrected chi connectivity index (χ2v) is 13.1. The third kappa shape index (κ3) is 16.5. The Labute approximate surface area is 303 Å². The van der Waals surface area contributed by atoms with E-state index in [2.05, 4.69) is 22.4 Å². The standard InChI is InChI=1S/C17H22N2O3S.C16H24N2O3.CH3I.CH4/c1-17(2,3)22-16(20)19-10-4-5-15(11-19)21-14-8-6-13(7-9-14)18-12-23;1-16(2,3)21-15(19)18-10-4-5-14(11-18)20-13-8-6-12(17)7-9-13;1-2;/h6-9,15H,4-5,10-11H2,1-3H3;6-9,14H,4-5,10-11,17H2,1-3H3;1H3;1H4/i;;1TD;. The number of nitrogen functional groups attached to an aromatic ring is 1. The van der Waals surface area contributed by atoms with Crippen LogP contribution in [0, 0.1) is 0 Å². The maximum Gasteiger partial charge on any atom is 0.410 e. The van der Waals surface area contributed by atoms with Gasteiger partial charge in [0.15, 0.2) is 0 Å². The molecule has 2 aromatic carbocycles. The van der Waals surface area contributed by atoms with Crippen molar-refractivity contribution in [1.82, 2.24) is 9.80 Å². The Morgan fingerprint density at radius 1 is 0.894 bits per heavy atom. The van der Waals surface area contributed by atoms with Gasteiger partial charge in [-0.1, -0.05) is 30.0 Å². The van der Waals surface area contributed by atoms with Gasteiger partial charge in [0.1, 0.15) is 34.9 Å². The van der Waals surface area contributed by atoms with E-state index in [1.807, 2.05) is 90.1 Å². The molecule has 2 aliphatic rings. The van der Waals surface area contributed by atoms with E-state index in [1.165, 1.54) is 0 Å². The van der Waals surface area contributed by atoms with Crippen molar-refractivity contribution in [3.8, 4) is 11.5 Å². The molecule has 47 heavy (non-hydrogen) atoms. The molecule has 262 valence electrons. The summed E-state index contributed by atoms with van der Waals surface area (Å²) in [5.41, 5.74) is 6.15. The van der Waals surface area contributed by atoms with E-state index in [0.29, 0.717) is 25.3 Å². The molecule has 0 saturated carbocycles. The van der Waals surface area contributed by atoms with E-state index in [9.17, 15) is 9.59 Å². The molecular weight excluding hydrogens is 731 g/mol. The normalized spacial score (nSPS) is 18.8. The fourth-order valence-corrected chi connectivity index (χ4v) is 4.74. The van der Waals surface area contributed by atoms with Crippen LogP contribution in [-0.4, -0.2) is 81.6 Å². The summed E-state index contributed by atoms with van der Waals surface area (Å²) in [6.07, 6.45) is 3.08. The average molecular weight is 788 g/mol. The number of benzene rings is 2. The van der Waals surface area contributed by atoms with Gasteiger partial charge in [0, 0.05) is 21.5 Å². The molecule has 2 amide bonds. The van der Waals surface area contributed by atoms with E-state index in [0.717, 1.165) is 49.4 Å². The number of halogens is 1. The fourth-order valence-electron chi connectivity index (χ4n) is 4.64. The first-order chi connectivity index (χ1) is 22.4. The monoisotopic (exact) mass is 787 g/mol. The van der Waals surface area contributed by atoms with Gasteiger partial charge < -0.3 is 34.5 Å². The molecule has 2 fully saturated rings. The summed E-state index contributed by atoms with van der Waals surface area (Å²) in [6.45, 7) is 13.7. The molecule has 10 nitrogen and oxygen atoms in total. The Kier molecular flexibility index (Phi) is 16.6. The molecule has 0 radical (unpaired) electrons. The van der Waals surface area contributed by atoms with Crippen molar-refractivity contribution in [1.29, 1.82) is 0 Å². The summed E-state index contributed by atoms with van der Waals surface area (Å²) in [7, 11) is 0. The molecule has 2 N–H and O–H groups in total. The van der Waals surface area contributed by atoms with E-state index in [1.54, 1.807) is 32.4 Å². The van der Waals surface area contributed by atoms with Gasteiger partial charge in [-0.25, -0.2) is 9.59 Å². The van der Waals surface area contributed by atoms with Crippen LogP contribution >= 0.6 is 34.8 Å². The lowest BCUT2D eigenvalue weighted by Gasteiger charge is -2.34. The number of hydrogen-bond acceptors (Lipinski definition) is 9. The van der Waals surface area contributed by atoms with Crippen LogP contribution in [0.2, 0.25) is 0 Å². The highest BCUT2D eigenvalue weighted by Gasteiger charge is 2.29. The molecule has 0 spiro atoms. The van der Waals surface area contributed by atoms with Crippen LogP contribution in [0.5, 0.6) is 11.5 Å². The quantitative estimate of drug-likeness (QED) is 0.105. The highest BCUT2D eigenvalue weighted by Crippen LogP contribution is 2.24. The van der Waals surface area contributed by atoms with Crippen LogP contribution in [-0.2, 0) is 9.47 Å². The third-order valence-corrected chi connectivity index (χ3v) is 6.65. The number of likely N-dealkylation sites (tertiary alicyclic amines) is 2. The Balaban J connectivity index is 0.000000435. The number of alkyl halides is 1. The maximum atomic E-state index is 12.1. The molecule has 4 rings (SSSR count). The number of ether oxygens (including phenoxy) is 4. The smallest absolute Gasteiger partial charge is 0.410 e. The highest BCUT2D eigenvalue weighted by atomic mass is 127. The third-order valence-electron chi connectivity index (χ3n) is 6.56. The number of thiocarbonyl (C=S) groups is 1. The number of amides is 2. The molecule has 12 heteroatoms. The molecule has 0 aliphatic carbocycles. The molecule has 0 aromatic heterocycles. The predicted octanol–water partition coefficient (Wildman–Crippen LogP) is 8.93. The van der Waals surface area contributed by atoms with Gasteiger partial charge in [-0.3, -0.25) is 0 Å². The summed E-state index contributed by atoms with van der Waals surface area (Å²) in [5, 5.41) is 2.33. The molecule has 3 atom stereocenters. The van der Waals surface area contributed by atoms with Crippen molar-refractivity contribution < 1.29 is 31.3 Å². The molecule has 2 aromatic rings. The van der Waals surface area contributed by atoms with Crippen molar-refractivity contribution in [3.63, 3.8) is 0 Å². The molecule has 2 aliphatic heterocycles. The topological polar surface area (TPSA) is 116 Å². The van der Waals surface area contributed by atoms with Crippen molar-refractivity contribution in [3.05, 3.63) is 48.5 Å². The van der Waals surface area contributed by atoms with Crippen molar-refractivity contribution in [2.75, 3.05) is 36.8 Å². The van der Waals surface area contributed by atoms with E-state index < -0.39 is 16.1 Å². The first-order valence-corrected chi connectivity index (χ1v) is 16.9. The number of nitrogens with two attached hydrogens (primary N) is 1. The number of anilines is 1. The van der Waals surface area contributed by atoms with Crippen molar-refractivity contribution in [2.24, 2.45) is 4.99 Å². The molecule has 3 unspecified atom stereocenters. The minimum atomic E-state index is -0.697. The Morgan fingerprint density at radius 2 is 1.28 bits per heavy atom. The van der Waals surface area contributed by atoms with Crippen molar-refractivity contribution >= 4 is 63.5 Å². The lowest BCUT2D eigenvalue weighted by atomic mass is 10.1. The van der Waals surface area contributed by atoms with E-state index in [4.69, 9.17) is 27.4 Å². The first-order valence-electron chi connectivity index (χ1n) is 16.4. The maximum absolute atomic E-state index is 12.1. The number of rotatable bonds is 5. The van der Waals surface area contributed by atoms with Crippen LogP contribution in [0.1, 0.15) is 77.4 Å².